The van der Waals surface area contributed by atoms with Gasteiger partial charge in [0.25, 0.3) is 0 Å². The zero-order valence-electron chi connectivity index (χ0n) is 24.5. The molecule has 0 saturated carbocycles. The fourth-order valence-corrected chi connectivity index (χ4v) is 3.30. The zero-order chi connectivity index (χ0) is 29.8. The van der Waals surface area contributed by atoms with Crippen LogP contribution in [-0.4, -0.2) is 70.9 Å². The van der Waals surface area contributed by atoms with Gasteiger partial charge in [-0.15, -0.1) is 0 Å². The maximum Gasteiger partial charge on any atom is 0.408 e. The number of carbonyl (C=O) groups excluding carboxylic acids is 4. The molecule has 4 amide bonds. The Morgan fingerprint density at radius 1 is 0.658 bits per heavy atom. The molecular formula is C26H48N4O8. The highest BCUT2D eigenvalue weighted by molar-refractivity contribution is 5.89. The van der Waals surface area contributed by atoms with E-state index in [2.05, 4.69) is 21.3 Å². The Kier molecular flexibility index (Phi) is 14.1. The normalized spacial score (nSPS) is 14.2. The van der Waals surface area contributed by atoms with E-state index < -0.39 is 59.3 Å². The first-order chi connectivity index (χ1) is 17.2. The molecule has 0 spiro atoms. The van der Waals surface area contributed by atoms with E-state index >= 15 is 0 Å². The van der Waals surface area contributed by atoms with Crippen molar-refractivity contribution in [1.29, 1.82) is 0 Å². The molecule has 0 aliphatic heterocycles. The molecule has 0 heterocycles. The van der Waals surface area contributed by atoms with Crippen LogP contribution in [-0.2, 0) is 23.9 Å². The van der Waals surface area contributed by atoms with Gasteiger partial charge in [-0.25, -0.2) is 14.4 Å². The molecule has 0 saturated heterocycles. The quantitative estimate of drug-likeness (QED) is 0.235. The molecule has 220 valence electrons. The summed E-state index contributed by atoms with van der Waals surface area (Å²) in [5, 5.41) is 19.7. The molecule has 0 fully saturated rings. The third-order valence-electron chi connectivity index (χ3n) is 4.78. The molecule has 12 heteroatoms. The van der Waals surface area contributed by atoms with Gasteiger partial charge in [0, 0.05) is 6.54 Å². The highest BCUT2D eigenvalue weighted by atomic mass is 16.6. The maximum atomic E-state index is 12.9. The molecule has 0 rings (SSSR count). The first-order valence-electron chi connectivity index (χ1n) is 13.0. The van der Waals surface area contributed by atoms with E-state index in [1.165, 1.54) is 0 Å². The number of alkyl carbamates (subject to hydrolysis) is 2. The average Bonchev–Trinajstić information content (AvgIpc) is 2.68. The van der Waals surface area contributed by atoms with Gasteiger partial charge in [0.1, 0.15) is 29.3 Å². The monoisotopic (exact) mass is 544 g/mol. The van der Waals surface area contributed by atoms with Gasteiger partial charge in [0.05, 0.1) is 0 Å². The molecule has 0 aliphatic rings. The number of nitrogens with one attached hydrogen (secondary N) is 4. The maximum absolute atomic E-state index is 12.9. The topological polar surface area (TPSA) is 172 Å². The molecule has 5 N–H and O–H groups in total. The van der Waals surface area contributed by atoms with Gasteiger partial charge in [-0.3, -0.25) is 9.59 Å². The summed E-state index contributed by atoms with van der Waals surface area (Å²) in [5.74, 6) is -2.35. The number of amides is 4. The Morgan fingerprint density at radius 2 is 1.05 bits per heavy atom. The molecule has 0 bridgehead atoms. The van der Waals surface area contributed by atoms with Crippen LogP contribution in [0.25, 0.3) is 0 Å². The van der Waals surface area contributed by atoms with E-state index in [4.69, 9.17) is 9.47 Å². The summed E-state index contributed by atoms with van der Waals surface area (Å²) in [7, 11) is 0. The summed E-state index contributed by atoms with van der Waals surface area (Å²) >= 11 is 0. The lowest BCUT2D eigenvalue weighted by Gasteiger charge is -2.26. The summed E-state index contributed by atoms with van der Waals surface area (Å²) in [6, 6.07) is -3.20. The van der Waals surface area contributed by atoms with Crippen LogP contribution in [0, 0.1) is 11.8 Å². The molecular weight excluding hydrogens is 496 g/mol. The van der Waals surface area contributed by atoms with Crippen LogP contribution in [0.15, 0.2) is 0 Å². The first-order valence-corrected chi connectivity index (χ1v) is 13.0. The summed E-state index contributed by atoms with van der Waals surface area (Å²) in [4.78, 5) is 61.8. The number of hydrogen-bond donors (Lipinski definition) is 5. The third-order valence-corrected chi connectivity index (χ3v) is 4.78. The summed E-state index contributed by atoms with van der Waals surface area (Å²) in [5.41, 5.74) is -1.50. The van der Waals surface area contributed by atoms with Crippen molar-refractivity contribution in [1.82, 2.24) is 21.3 Å². The van der Waals surface area contributed by atoms with Crippen molar-refractivity contribution in [3.05, 3.63) is 0 Å². The molecule has 0 radical (unpaired) electrons. The van der Waals surface area contributed by atoms with Gasteiger partial charge >= 0.3 is 18.2 Å². The largest absolute Gasteiger partial charge is 0.480 e. The SMILES string of the molecule is CC(C)C[C@H](NC(=O)OC(C)(C)C)C(=O)NCCC(NC(=O)[C@H](CC(C)C)NC(=O)OC(C)(C)C)C(=O)O. The van der Waals surface area contributed by atoms with Gasteiger partial charge in [-0.05, 0) is 72.6 Å². The highest BCUT2D eigenvalue weighted by Crippen LogP contribution is 2.11. The Hall–Kier alpha value is -3.05. The standard InChI is InChI=1S/C26H48N4O8/c1-15(2)13-18(29-23(35)37-25(5,6)7)20(31)27-12-11-17(22(33)34)28-21(32)19(14-16(3)4)30-24(36)38-26(8,9)10/h15-19H,11-14H2,1-10H3,(H,27,31)(H,28,32)(H,29,35)(H,30,36)(H,33,34)/t17?,18-,19-/m0/s1. The van der Waals surface area contributed by atoms with Crippen molar-refractivity contribution in [3.63, 3.8) is 0 Å². The van der Waals surface area contributed by atoms with Gasteiger partial charge in [0.15, 0.2) is 0 Å². The molecule has 3 atom stereocenters. The van der Waals surface area contributed by atoms with Crippen molar-refractivity contribution in [2.24, 2.45) is 11.8 Å². The van der Waals surface area contributed by atoms with E-state index in [0.717, 1.165) is 0 Å². The van der Waals surface area contributed by atoms with Crippen LogP contribution in [0.2, 0.25) is 0 Å². The number of hydrogen-bond acceptors (Lipinski definition) is 7. The number of carboxylic acid groups (broad SMARTS) is 1. The molecule has 0 aromatic carbocycles. The van der Waals surface area contributed by atoms with E-state index in [-0.39, 0.29) is 31.2 Å². The van der Waals surface area contributed by atoms with E-state index in [0.29, 0.717) is 6.42 Å². The van der Waals surface area contributed by atoms with Crippen LogP contribution < -0.4 is 21.3 Å². The summed E-state index contributed by atoms with van der Waals surface area (Å²) in [6.07, 6.45) is -1.03. The van der Waals surface area contributed by atoms with E-state index in [1.54, 1.807) is 41.5 Å². The van der Waals surface area contributed by atoms with Crippen LogP contribution in [0.1, 0.15) is 88.5 Å². The smallest absolute Gasteiger partial charge is 0.408 e. The van der Waals surface area contributed by atoms with E-state index in [9.17, 15) is 29.1 Å². The van der Waals surface area contributed by atoms with Gasteiger partial charge in [-0.2, -0.15) is 0 Å². The Labute approximate surface area is 226 Å². The summed E-state index contributed by atoms with van der Waals surface area (Å²) in [6.45, 7) is 17.6. The molecule has 38 heavy (non-hydrogen) atoms. The van der Waals surface area contributed by atoms with Crippen molar-refractivity contribution in [2.45, 2.75) is 118 Å². The molecule has 0 aromatic heterocycles. The summed E-state index contributed by atoms with van der Waals surface area (Å²) < 4.78 is 10.4. The molecule has 0 aliphatic carbocycles. The minimum Gasteiger partial charge on any atom is -0.480 e. The lowest BCUT2D eigenvalue weighted by atomic mass is 10.0. The fraction of sp³-hybridized carbons (Fsp3) is 0.808. The van der Waals surface area contributed by atoms with Crippen LogP contribution in [0.3, 0.4) is 0 Å². The molecule has 12 nitrogen and oxygen atoms in total. The zero-order valence-corrected chi connectivity index (χ0v) is 24.5. The molecule has 0 aromatic rings. The predicted molar refractivity (Wildman–Crippen MR) is 142 cm³/mol. The fourth-order valence-electron chi connectivity index (χ4n) is 3.30. The van der Waals surface area contributed by atoms with Gasteiger partial charge in [-0.1, -0.05) is 27.7 Å². The Morgan fingerprint density at radius 3 is 1.39 bits per heavy atom. The lowest BCUT2D eigenvalue weighted by Crippen LogP contribution is -2.53. The van der Waals surface area contributed by atoms with Crippen LogP contribution >= 0.6 is 0 Å². The Bertz CT molecular complexity index is 815. The number of rotatable bonds is 13. The number of aliphatic carboxylic acids is 1. The van der Waals surface area contributed by atoms with Crippen molar-refractivity contribution < 1.29 is 38.6 Å². The average molecular weight is 545 g/mol. The first kappa shape index (κ1) is 35.0. The van der Waals surface area contributed by atoms with Crippen LogP contribution in [0.5, 0.6) is 0 Å². The Balaban J connectivity index is 5.20. The van der Waals surface area contributed by atoms with Crippen LogP contribution in [0.4, 0.5) is 9.59 Å². The van der Waals surface area contributed by atoms with Crippen molar-refractivity contribution >= 4 is 30.0 Å². The second-order valence-corrected chi connectivity index (χ2v) is 12.1. The second-order valence-electron chi connectivity index (χ2n) is 12.1. The third kappa shape index (κ3) is 16.6. The van der Waals surface area contributed by atoms with E-state index in [1.807, 2.05) is 27.7 Å². The number of carboxylic acids is 1. The highest BCUT2D eigenvalue weighted by Gasteiger charge is 2.30. The van der Waals surface area contributed by atoms with Crippen molar-refractivity contribution in [3.8, 4) is 0 Å². The minimum absolute atomic E-state index is 0.0265. The number of ether oxygens (including phenoxy) is 2. The van der Waals surface area contributed by atoms with Crippen molar-refractivity contribution in [2.75, 3.05) is 6.54 Å². The minimum atomic E-state index is -1.32. The van der Waals surface area contributed by atoms with Gasteiger partial charge in [0.2, 0.25) is 11.8 Å². The second kappa shape index (κ2) is 15.4. The van der Waals surface area contributed by atoms with Gasteiger partial charge < -0.3 is 35.8 Å². The number of carbonyl (C=O) groups is 5. The lowest BCUT2D eigenvalue weighted by molar-refractivity contribution is -0.142. The molecule has 1 unspecified atom stereocenters. The predicted octanol–water partition coefficient (Wildman–Crippen LogP) is 2.94.